The molecule has 0 bridgehead atoms. The Bertz CT molecular complexity index is 284. The van der Waals surface area contributed by atoms with Crippen LogP contribution in [0.3, 0.4) is 0 Å². The van der Waals surface area contributed by atoms with Gasteiger partial charge in [0.25, 0.3) is 0 Å². The molecule has 0 nitrogen and oxygen atoms in total. The van der Waals surface area contributed by atoms with Gasteiger partial charge in [-0.05, 0) is 25.2 Å². The molecule has 0 spiro atoms. The van der Waals surface area contributed by atoms with E-state index >= 15 is 0 Å². The van der Waals surface area contributed by atoms with Crippen LogP contribution in [0.5, 0.6) is 0 Å². The first-order valence-corrected chi connectivity index (χ1v) is 17.5. The smallest absolute Gasteiger partial charge is 0.0353 e. The molecule has 0 N–H and O–H groups in total. The number of rotatable bonds is 30. The summed E-state index contributed by atoms with van der Waals surface area (Å²) in [5, 5.41) is 0. The maximum atomic E-state index is 2.31. The van der Waals surface area contributed by atoms with Crippen molar-refractivity contribution in [2.75, 3.05) is 12.3 Å². The Morgan fingerprint density at radius 2 is 0.424 bits per heavy atom. The average molecular weight is 483 g/mol. The largest absolute Gasteiger partial charge is 0.122 e. The Balaban J connectivity index is 2.99. The van der Waals surface area contributed by atoms with Crippen molar-refractivity contribution in [2.24, 2.45) is 0 Å². The van der Waals surface area contributed by atoms with E-state index in [1.807, 2.05) is 0 Å². The van der Waals surface area contributed by atoms with Gasteiger partial charge in [-0.2, -0.15) is 0 Å². The minimum Gasteiger partial charge on any atom is -0.122 e. The fraction of sp³-hybridized carbons (Fsp3) is 1.00. The van der Waals surface area contributed by atoms with E-state index in [2.05, 4.69) is 13.8 Å². The Morgan fingerprint density at radius 1 is 0.242 bits per heavy atom. The highest BCUT2D eigenvalue weighted by atomic mass is 31.1. The van der Waals surface area contributed by atoms with Gasteiger partial charge in [0, 0.05) is 0 Å². The zero-order chi connectivity index (χ0) is 23.9. The first-order chi connectivity index (χ1) is 16.4. The van der Waals surface area contributed by atoms with Crippen LogP contribution in [0.4, 0.5) is 0 Å². The fourth-order valence-corrected chi connectivity index (χ4v) is 6.26. The van der Waals surface area contributed by atoms with Crippen LogP contribution < -0.4 is 0 Å². The van der Waals surface area contributed by atoms with Gasteiger partial charge >= 0.3 is 0 Å². The molecule has 0 aromatic carbocycles. The Kier molecular flexibility index (Phi) is 32.9. The molecule has 0 aliphatic carbocycles. The summed E-state index contributed by atoms with van der Waals surface area (Å²) in [6.07, 6.45) is 44.5. The van der Waals surface area contributed by atoms with Crippen molar-refractivity contribution < 1.29 is 0 Å². The first-order valence-electron chi connectivity index (χ1n) is 16.1. The molecular weight excluding hydrogens is 415 g/mol. The summed E-state index contributed by atoms with van der Waals surface area (Å²) in [5.41, 5.74) is 0. The molecule has 0 rings (SSSR count). The van der Waals surface area contributed by atoms with E-state index in [0.717, 1.165) is 0 Å². The minimum atomic E-state index is 1.25. The molecule has 0 fully saturated rings. The molecule has 0 saturated heterocycles. The Labute approximate surface area is 214 Å². The van der Waals surface area contributed by atoms with E-state index in [4.69, 9.17) is 0 Å². The van der Waals surface area contributed by atoms with Gasteiger partial charge in [-0.25, -0.2) is 0 Å². The molecule has 0 heterocycles. The van der Waals surface area contributed by atoms with E-state index in [1.165, 1.54) is 201 Å². The quantitative estimate of drug-likeness (QED) is 0.0705. The molecule has 0 amide bonds. The van der Waals surface area contributed by atoms with Crippen LogP contribution in [-0.4, -0.2) is 12.3 Å². The predicted molar refractivity (Wildman–Crippen MR) is 159 cm³/mol. The lowest BCUT2D eigenvalue weighted by Gasteiger charge is -2.05. The summed E-state index contributed by atoms with van der Waals surface area (Å²) >= 11 is 0. The summed E-state index contributed by atoms with van der Waals surface area (Å²) in [4.78, 5) is 0. The van der Waals surface area contributed by atoms with Crippen molar-refractivity contribution in [3.05, 3.63) is 0 Å². The molecule has 200 valence electrons. The average Bonchev–Trinajstić information content (AvgIpc) is 2.83. The second-order valence-corrected chi connectivity index (χ2v) is 12.4. The summed E-state index contributed by atoms with van der Waals surface area (Å²) < 4.78 is 0. The molecule has 0 atom stereocenters. The van der Waals surface area contributed by atoms with Crippen molar-refractivity contribution in [2.45, 2.75) is 194 Å². The zero-order valence-corrected chi connectivity index (χ0v) is 24.7. The van der Waals surface area contributed by atoms with E-state index < -0.39 is 0 Å². The SMILES string of the molecule is CCCCCCCCCCCCCCCCPCCCCCCCCCCCCCCCC. The maximum Gasteiger partial charge on any atom is -0.0353 e. The van der Waals surface area contributed by atoms with Gasteiger partial charge in [0.05, 0.1) is 0 Å². The minimum absolute atomic E-state index is 1.25. The van der Waals surface area contributed by atoms with Gasteiger partial charge in [0.15, 0.2) is 0 Å². The molecular formula is C32H67P. The highest BCUT2D eigenvalue weighted by molar-refractivity contribution is 7.37. The molecule has 0 unspecified atom stereocenters. The van der Waals surface area contributed by atoms with E-state index in [-0.39, 0.29) is 0 Å². The second kappa shape index (κ2) is 32.4. The van der Waals surface area contributed by atoms with Crippen LogP contribution in [-0.2, 0) is 0 Å². The predicted octanol–water partition coefficient (Wildman–Crippen LogP) is 12.6. The Morgan fingerprint density at radius 3 is 0.636 bits per heavy atom. The second-order valence-electron chi connectivity index (χ2n) is 10.9. The van der Waals surface area contributed by atoms with E-state index in [0.29, 0.717) is 0 Å². The highest BCUT2D eigenvalue weighted by Crippen LogP contribution is 2.19. The van der Waals surface area contributed by atoms with Crippen LogP contribution >= 0.6 is 8.58 Å². The van der Waals surface area contributed by atoms with Gasteiger partial charge in [-0.1, -0.05) is 181 Å². The van der Waals surface area contributed by atoms with Crippen molar-refractivity contribution >= 4 is 8.58 Å². The molecule has 0 aliphatic heterocycles. The van der Waals surface area contributed by atoms with Gasteiger partial charge in [-0.15, -0.1) is 8.58 Å². The molecule has 0 aromatic heterocycles. The van der Waals surface area contributed by atoms with Gasteiger partial charge in [0.2, 0.25) is 0 Å². The lowest BCUT2D eigenvalue weighted by molar-refractivity contribution is 0.538. The van der Waals surface area contributed by atoms with Gasteiger partial charge in [-0.3, -0.25) is 0 Å². The monoisotopic (exact) mass is 482 g/mol. The molecule has 33 heavy (non-hydrogen) atoms. The normalized spacial score (nSPS) is 11.5. The molecule has 0 saturated carbocycles. The Hall–Kier alpha value is 0.430. The summed E-state index contributed by atoms with van der Waals surface area (Å²) in [6, 6.07) is 0. The third kappa shape index (κ3) is 32.4. The standard InChI is InChI=1S/C32H67P/c1-3-5-7-9-11-13-15-17-19-21-23-25-27-29-31-33-32-30-28-26-24-22-20-18-16-14-12-10-8-6-4-2/h33H,3-32H2,1-2H3. The topological polar surface area (TPSA) is 0 Å². The van der Waals surface area contributed by atoms with Crippen molar-refractivity contribution in [1.82, 2.24) is 0 Å². The fourth-order valence-electron chi connectivity index (χ4n) is 5.01. The lowest BCUT2D eigenvalue weighted by Crippen LogP contribution is -1.86. The van der Waals surface area contributed by atoms with Crippen molar-refractivity contribution in [1.29, 1.82) is 0 Å². The van der Waals surface area contributed by atoms with Gasteiger partial charge < -0.3 is 0 Å². The van der Waals surface area contributed by atoms with Gasteiger partial charge in [0.1, 0.15) is 0 Å². The van der Waals surface area contributed by atoms with E-state index in [9.17, 15) is 0 Å². The highest BCUT2D eigenvalue weighted by Gasteiger charge is 1.96. The summed E-state index contributed by atoms with van der Waals surface area (Å²) in [7, 11) is 1.25. The summed E-state index contributed by atoms with van der Waals surface area (Å²) in [6.45, 7) is 4.61. The van der Waals surface area contributed by atoms with Crippen LogP contribution in [0.15, 0.2) is 0 Å². The zero-order valence-electron chi connectivity index (χ0n) is 23.7. The lowest BCUT2D eigenvalue weighted by atomic mass is 10.0. The maximum absolute atomic E-state index is 2.31. The van der Waals surface area contributed by atoms with Crippen LogP contribution in [0, 0.1) is 0 Å². The molecule has 0 aliphatic rings. The van der Waals surface area contributed by atoms with Crippen molar-refractivity contribution in [3.8, 4) is 0 Å². The van der Waals surface area contributed by atoms with Crippen LogP contribution in [0.1, 0.15) is 194 Å². The number of hydrogen-bond acceptors (Lipinski definition) is 0. The van der Waals surface area contributed by atoms with Crippen molar-refractivity contribution in [3.63, 3.8) is 0 Å². The van der Waals surface area contributed by atoms with Crippen LogP contribution in [0.25, 0.3) is 0 Å². The molecule has 0 aromatic rings. The first kappa shape index (κ1) is 33.4. The molecule has 0 radical (unpaired) electrons. The van der Waals surface area contributed by atoms with E-state index in [1.54, 1.807) is 0 Å². The van der Waals surface area contributed by atoms with Crippen LogP contribution in [0.2, 0.25) is 0 Å². The number of unbranched alkanes of at least 4 members (excludes halogenated alkanes) is 26. The summed E-state index contributed by atoms with van der Waals surface area (Å²) in [5.74, 6) is 0. The number of hydrogen-bond donors (Lipinski definition) is 0. The third-order valence-corrected chi connectivity index (χ3v) is 8.83. The third-order valence-electron chi connectivity index (χ3n) is 7.41. The molecule has 1 heteroatoms.